The van der Waals surface area contributed by atoms with E-state index in [0.29, 0.717) is 5.56 Å². The maximum absolute atomic E-state index is 12.8. The number of ether oxygens (including phenoxy) is 1. The van der Waals surface area contributed by atoms with Gasteiger partial charge in [0.15, 0.2) is 5.60 Å². The SMILES string of the molecule is CN1CC[C@H](OC(=O)C(O)(c2ccccc2)C2CCCC2)C1. The Morgan fingerprint density at radius 3 is 2.50 bits per heavy atom. The molecule has 2 aliphatic rings. The molecule has 4 nitrogen and oxygen atoms in total. The van der Waals surface area contributed by atoms with Crippen molar-refractivity contribution in [3.05, 3.63) is 35.9 Å². The molecule has 22 heavy (non-hydrogen) atoms. The molecule has 1 saturated carbocycles. The first-order valence-corrected chi connectivity index (χ1v) is 8.28. The Balaban J connectivity index is 1.83. The van der Waals surface area contributed by atoms with Gasteiger partial charge in [-0.15, -0.1) is 0 Å². The fraction of sp³-hybridized carbons (Fsp3) is 0.611. The van der Waals surface area contributed by atoms with Gasteiger partial charge in [-0.2, -0.15) is 0 Å². The molecule has 1 aliphatic carbocycles. The lowest BCUT2D eigenvalue weighted by molar-refractivity contribution is -0.178. The minimum atomic E-state index is -1.50. The molecule has 0 aromatic heterocycles. The molecule has 1 N–H and O–H groups in total. The van der Waals surface area contributed by atoms with Crippen LogP contribution in [0.5, 0.6) is 0 Å². The fourth-order valence-corrected chi connectivity index (χ4v) is 3.79. The van der Waals surface area contributed by atoms with Gasteiger partial charge < -0.3 is 14.7 Å². The number of hydrogen-bond donors (Lipinski definition) is 1. The summed E-state index contributed by atoms with van der Waals surface area (Å²) in [6, 6.07) is 9.30. The van der Waals surface area contributed by atoms with E-state index in [1.165, 1.54) is 0 Å². The number of aliphatic hydroxyl groups is 1. The zero-order valence-electron chi connectivity index (χ0n) is 13.2. The number of rotatable bonds is 4. The number of carbonyl (C=O) groups excluding carboxylic acids is 1. The molecule has 1 saturated heterocycles. The molecule has 1 aromatic rings. The Bertz CT molecular complexity index is 512. The lowest BCUT2D eigenvalue weighted by atomic mass is 9.80. The average molecular weight is 303 g/mol. The van der Waals surface area contributed by atoms with Crippen LogP contribution in [0.2, 0.25) is 0 Å². The molecule has 0 radical (unpaired) electrons. The Labute approximate surface area is 132 Å². The van der Waals surface area contributed by atoms with Crippen molar-refractivity contribution in [2.75, 3.05) is 20.1 Å². The van der Waals surface area contributed by atoms with Gasteiger partial charge in [0.2, 0.25) is 0 Å². The maximum Gasteiger partial charge on any atom is 0.343 e. The molecule has 0 amide bonds. The largest absolute Gasteiger partial charge is 0.459 e. The number of benzene rings is 1. The van der Waals surface area contributed by atoms with Gasteiger partial charge >= 0.3 is 5.97 Å². The van der Waals surface area contributed by atoms with Crippen LogP contribution in [0.1, 0.15) is 37.7 Å². The van der Waals surface area contributed by atoms with Crippen LogP contribution in [0.3, 0.4) is 0 Å². The van der Waals surface area contributed by atoms with Crippen molar-refractivity contribution in [1.82, 2.24) is 4.90 Å². The molecule has 4 heteroatoms. The van der Waals surface area contributed by atoms with Crippen LogP contribution < -0.4 is 0 Å². The molecule has 3 rings (SSSR count). The Morgan fingerprint density at radius 1 is 1.23 bits per heavy atom. The Morgan fingerprint density at radius 2 is 1.91 bits per heavy atom. The van der Waals surface area contributed by atoms with Crippen molar-refractivity contribution in [1.29, 1.82) is 0 Å². The van der Waals surface area contributed by atoms with Crippen LogP contribution in [0.25, 0.3) is 0 Å². The molecular weight excluding hydrogens is 278 g/mol. The standard InChI is InChI=1S/C18H25NO3/c1-19-12-11-16(13-19)22-17(20)18(21,15-9-5-6-10-15)14-7-3-2-4-8-14/h2-4,7-8,15-16,21H,5-6,9-13H2,1H3/t16-,18?/m0/s1. The molecule has 1 unspecified atom stereocenters. The van der Waals surface area contributed by atoms with E-state index in [4.69, 9.17) is 4.74 Å². The highest BCUT2D eigenvalue weighted by atomic mass is 16.6. The van der Waals surface area contributed by atoms with Gasteiger partial charge in [-0.3, -0.25) is 0 Å². The summed E-state index contributed by atoms with van der Waals surface area (Å²) < 4.78 is 5.68. The van der Waals surface area contributed by atoms with Crippen molar-refractivity contribution < 1.29 is 14.6 Å². The number of carbonyl (C=O) groups is 1. The fourth-order valence-electron chi connectivity index (χ4n) is 3.79. The first-order valence-electron chi connectivity index (χ1n) is 8.28. The summed E-state index contributed by atoms with van der Waals surface area (Å²) in [5, 5.41) is 11.3. The molecule has 1 aliphatic heterocycles. The topological polar surface area (TPSA) is 49.8 Å². The Hall–Kier alpha value is -1.39. The molecular formula is C18H25NO3. The molecule has 2 atom stereocenters. The summed E-state index contributed by atoms with van der Waals surface area (Å²) in [6.07, 6.45) is 4.64. The number of esters is 1. The maximum atomic E-state index is 12.8. The van der Waals surface area contributed by atoms with E-state index in [0.717, 1.165) is 45.2 Å². The van der Waals surface area contributed by atoms with Gasteiger partial charge in [0.05, 0.1) is 0 Å². The van der Waals surface area contributed by atoms with E-state index in [1.54, 1.807) is 0 Å². The molecule has 1 aromatic carbocycles. The minimum Gasteiger partial charge on any atom is -0.459 e. The summed E-state index contributed by atoms with van der Waals surface area (Å²) in [7, 11) is 2.02. The second-order valence-electron chi connectivity index (χ2n) is 6.69. The minimum absolute atomic E-state index is 0.0402. The zero-order valence-corrected chi connectivity index (χ0v) is 13.2. The van der Waals surface area contributed by atoms with Crippen molar-refractivity contribution in [2.24, 2.45) is 5.92 Å². The third-order valence-electron chi connectivity index (χ3n) is 5.09. The number of likely N-dealkylation sites (tertiary alicyclic amines) is 1. The predicted molar refractivity (Wildman–Crippen MR) is 84.3 cm³/mol. The molecule has 2 fully saturated rings. The molecule has 120 valence electrons. The van der Waals surface area contributed by atoms with E-state index < -0.39 is 11.6 Å². The van der Waals surface area contributed by atoms with Crippen LogP contribution >= 0.6 is 0 Å². The van der Waals surface area contributed by atoms with Crippen molar-refractivity contribution in [3.8, 4) is 0 Å². The van der Waals surface area contributed by atoms with Gasteiger partial charge in [-0.05, 0) is 31.9 Å². The first kappa shape index (κ1) is 15.5. The van der Waals surface area contributed by atoms with Crippen LogP contribution in [0, 0.1) is 5.92 Å². The summed E-state index contributed by atoms with van der Waals surface area (Å²) in [5.74, 6) is -0.507. The second-order valence-corrected chi connectivity index (χ2v) is 6.69. The van der Waals surface area contributed by atoms with Gasteiger partial charge in [0, 0.05) is 19.0 Å². The van der Waals surface area contributed by atoms with E-state index in [2.05, 4.69) is 4.90 Å². The van der Waals surface area contributed by atoms with Crippen LogP contribution in [-0.4, -0.2) is 42.2 Å². The predicted octanol–water partition coefficient (Wildman–Crippen LogP) is 2.31. The van der Waals surface area contributed by atoms with E-state index in [1.807, 2.05) is 37.4 Å². The summed E-state index contributed by atoms with van der Waals surface area (Å²) in [5.41, 5.74) is -0.836. The van der Waals surface area contributed by atoms with Gasteiger partial charge in [-0.1, -0.05) is 43.2 Å². The average Bonchev–Trinajstić information content (AvgIpc) is 3.19. The normalized spacial score (nSPS) is 26.0. The van der Waals surface area contributed by atoms with Crippen LogP contribution in [0.4, 0.5) is 0 Å². The first-order chi connectivity index (χ1) is 10.6. The van der Waals surface area contributed by atoms with Crippen LogP contribution in [-0.2, 0) is 15.1 Å². The van der Waals surface area contributed by atoms with Gasteiger partial charge in [-0.25, -0.2) is 4.79 Å². The second kappa shape index (κ2) is 6.39. The van der Waals surface area contributed by atoms with Gasteiger partial charge in [0.1, 0.15) is 6.10 Å². The molecule has 0 bridgehead atoms. The highest BCUT2D eigenvalue weighted by Gasteiger charge is 2.48. The van der Waals surface area contributed by atoms with E-state index in [-0.39, 0.29) is 12.0 Å². The lowest BCUT2D eigenvalue weighted by Gasteiger charge is -2.33. The number of likely N-dealkylation sites (N-methyl/N-ethyl adjacent to an activating group) is 1. The zero-order chi connectivity index (χ0) is 15.6. The third-order valence-corrected chi connectivity index (χ3v) is 5.09. The smallest absolute Gasteiger partial charge is 0.343 e. The number of nitrogens with zero attached hydrogens (tertiary/aromatic N) is 1. The quantitative estimate of drug-likeness (QED) is 0.867. The Kier molecular flexibility index (Phi) is 4.50. The number of hydrogen-bond acceptors (Lipinski definition) is 4. The highest BCUT2D eigenvalue weighted by Crippen LogP contribution is 2.41. The lowest BCUT2D eigenvalue weighted by Crippen LogP contribution is -2.45. The monoisotopic (exact) mass is 303 g/mol. The molecule has 1 heterocycles. The van der Waals surface area contributed by atoms with Crippen molar-refractivity contribution >= 4 is 5.97 Å². The summed E-state index contributed by atoms with van der Waals surface area (Å²) in [4.78, 5) is 15.0. The summed E-state index contributed by atoms with van der Waals surface area (Å²) in [6.45, 7) is 1.69. The highest BCUT2D eigenvalue weighted by molar-refractivity contribution is 5.81. The van der Waals surface area contributed by atoms with Crippen LogP contribution in [0.15, 0.2) is 30.3 Å². The van der Waals surface area contributed by atoms with Crippen molar-refractivity contribution in [3.63, 3.8) is 0 Å². The van der Waals surface area contributed by atoms with Gasteiger partial charge in [0.25, 0.3) is 0 Å². The summed E-state index contributed by atoms with van der Waals surface area (Å²) >= 11 is 0. The van der Waals surface area contributed by atoms with E-state index >= 15 is 0 Å². The van der Waals surface area contributed by atoms with Crippen molar-refractivity contribution in [2.45, 2.75) is 43.8 Å². The molecule has 0 spiro atoms. The third kappa shape index (κ3) is 2.90. The van der Waals surface area contributed by atoms with E-state index in [9.17, 15) is 9.90 Å².